The molecule has 2 heterocycles. The molecule has 0 aliphatic heterocycles. The van der Waals surface area contributed by atoms with E-state index in [0.717, 1.165) is 18.4 Å². The Bertz CT molecular complexity index is 748. The van der Waals surface area contributed by atoms with Gasteiger partial charge in [0.25, 0.3) is 0 Å². The van der Waals surface area contributed by atoms with Crippen LogP contribution in [0.4, 0.5) is 0 Å². The van der Waals surface area contributed by atoms with E-state index in [1.54, 1.807) is 11.3 Å². The van der Waals surface area contributed by atoms with Gasteiger partial charge in [0.15, 0.2) is 0 Å². The van der Waals surface area contributed by atoms with Crippen LogP contribution in [0, 0.1) is 5.92 Å². The van der Waals surface area contributed by atoms with Crippen molar-refractivity contribution in [3.8, 4) is 11.4 Å². The van der Waals surface area contributed by atoms with Crippen LogP contribution in [0.2, 0.25) is 0 Å². The summed E-state index contributed by atoms with van der Waals surface area (Å²) in [5, 5.41) is 10.7. The molecule has 140 valence electrons. The zero-order valence-electron chi connectivity index (χ0n) is 15.0. The highest BCUT2D eigenvalue weighted by atomic mass is 32.1. The minimum absolute atomic E-state index is 0.180. The van der Waals surface area contributed by atoms with Gasteiger partial charge in [-0.25, -0.2) is 4.79 Å². The van der Waals surface area contributed by atoms with Crippen molar-refractivity contribution in [2.45, 2.75) is 51.0 Å². The van der Waals surface area contributed by atoms with Gasteiger partial charge in [-0.05, 0) is 43.0 Å². The van der Waals surface area contributed by atoms with Gasteiger partial charge in [0.1, 0.15) is 5.54 Å². The lowest BCUT2D eigenvalue weighted by molar-refractivity contribution is -0.153. The number of hydrogen-bond donors (Lipinski definition) is 1. The molecule has 2 aromatic rings. The minimum Gasteiger partial charge on any atom is -0.467 e. The molecule has 0 bridgehead atoms. The average Bonchev–Trinajstić information content (AvgIpc) is 3.32. The summed E-state index contributed by atoms with van der Waals surface area (Å²) in [5.74, 6) is 0.911. The number of esters is 1. The predicted octanol–water partition coefficient (Wildman–Crippen LogP) is 2.97. The maximum absolute atomic E-state index is 12.4. The van der Waals surface area contributed by atoms with Crippen molar-refractivity contribution in [1.29, 1.82) is 0 Å². The Balaban J connectivity index is 1.58. The lowest BCUT2D eigenvalue weighted by atomic mass is 9.77. The molecule has 0 saturated heterocycles. The maximum atomic E-state index is 12.4. The summed E-state index contributed by atoms with van der Waals surface area (Å²) < 4.78 is 10.2. The highest BCUT2D eigenvalue weighted by Gasteiger charge is 2.43. The van der Waals surface area contributed by atoms with Crippen LogP contribution in [-0.4, -0.2) is 34.7 Å². The SMILES string of the molecule is COC(=O)C1(NC(=O)CCc2nc(-c3ccsc3)no2)CCC(C)CC1. The summed E-state index contributed by atoms with van der Waals surface area (Å²) in [6.45, 7) is 2.16. The van der Waals surface area contributed by atoms with Gasteiger partial charge < -0.3 is 14.6 Å². The van der Waals surface area contributed by atoms with Gasteiger partial charge >= 0.3 is 5.97 Å². The summed E-state index contributed by atoms with van der Waals surface area (Å²) in [5.41, 5.74) is -0.00918. The number of nitrogens with one attached hydrogen (secondary N) is 1. The topological polar surface area (TPSA) is 94.3 Å². The third-order valence-corrected chi connectivity index (χ3v) is 5.58. The number of methoxy groups -OCH3 is 1. The van der Waals surface area contributed by atoms with E-state index in [0.29, 0.717) is 36.9 Å². The summed E-state index contributed by atoms with van der Waals surface area (Å²) in [6.07, 6.45) is 3.51. The summed E-state index contributed by atoms with van der Waals surface area (Å²) in [4.78, 5) is 29.0. The Hall–Kier alpha value is -2.22. The van der Waals surface area contributed by atoms with E-state index in [1.165, 1.54) is 7.11 Å². The van der Waals surface area contributed by atoms with Crippen LogP contribution >= 0.6 is 11.3 Å². The van der Waals surface area contributed by atoms with Crippen LogP contribution in [-0.2, 0) is 20.7 Å². The monoisotopic (exact) mass is 377 g/mol. The fraction of sp³-hybridized carbons (Fsp3) is 0.556. The molecule has 0 spiro atoms. The number of amides is 1. The van der Waals surface area contributed by atoms with Crippen molar-refractivity contribution in [2.75, 3.05) is 7.11 Å². The van der Waals surface area contributed by atoms with Gasteiger partial charge in [-0.15, -0.1) is 0 Å². The van der Waals surface area contributed by atoms with E-state index in [9.17, 15) is 9.59 Å². The van der Waals surface area contributed by atoms with Gasteiger partial charge in [0.2, 0.25) is 17.6 Å². The second-order valence-corrected chi connectivity index (χ2v) is 7.61. The molecule has 7 nitrogen and oxygen atoms in total. The second-order valence-electron chi connectivity index (χ2n) is 6.83. The van der Waals surface area contributed by atoms with E-state index >= 15 is 0 Å². The molecule has 0 atom stereocenters. The van der Waals surface area contributed by atoms with Crippen LogP contribution in [0.5, 0.6) is 0 Å². The first-order valence-corrected chi connectivity index (χ1v) is 9.71. The molecule has 0 aromatic carbocycles. The number of nitrogens with zero attached hydrogens (tertiary/aromatic N) is 2. The number of carbonyl (C=O) groups is 2. The van der Waals surface area contributed by atoms with E-state index in [-0.39, 0.29) is 18.3 Å². The first kappa shape index (κ1) is 18.6. The van der Waals surface area contributed by atoms with Crippen molar-refractivity contribution < 1.29 is 18.8 Å². The third kappa shape index (κ3) is 4.12. The fourth-order valence-electron chi connectivity index (χ4n) is 3.25. The Kier molecular flexibility index (Phi) is 5.70. The van der Waals surface area contributed by atoms with Crippen LogP contribution in [0.15, 0.2) is 21.3 Å². The first-order chi connectivity index (χ1) is 12.5. The minimum atomic E-state index is -0.908. The standard InChI is InChI=1S/C18H23N3O4S/c1-12-5-8-18(9-6-12,17(23)24-2)20-14(22)3-4-15-19-16(21-25-15)13-7-10-26-11-13/h7,10-12H,3-6,8-9H2,1-2H3,(H,20,22). The fourth-order valence-corrected chi connectivity index (χ4v) is 3.88. The smallest absolute Gasteiger partial charge is 0.331 e. The molecule has 8 heteroatoms. The Labute approximate surface area is 156 Å². The van der Waals surface area contributed by atoms with E-state index in [2.05, 4.69) is 22.4 Å². The normalized spacial score (nSPS) is 22.8. The molecule has 2 aromatic heterocycles. The van der Waals surface area contributed by atoms with Crippen molar-refractivity contribution in [3.63, 3.8) is 0 Å². The van der Waals surface area contributed by atoms with E-state index < -0.39 is 5.54 Å². The van der Waals surface area contributed by atoms with Gasteiger partial charge in [-0.3, -0.25) is 4.79 Å². The van der Waals surface area contributed by atoms with Crippen LogP contribution in [0.1, 0.15) is 44.9 Å². The number of aromatic nitrogens is 2. The molecule has 1 fully saturated rings. The molecule has 1 N–H and O–H groups in total. The van der Waals surface area contributed by atoms with Gasteiger partial charge in [-0.2, -0.15) is 16.3 Å². The Morgan fingerprint density at radius 3 is 2.85 bits per heavy atom. The summed E-state index contributed by atoms with van der Waals surface area (Å²) >= 11 is 1.56. The molecule has 0 unspecified atom stereocenters. The van der Waals surface area contributed by atoms with Crippen molar-refractivity contribution >= 4 is 23.2 Å². The zero-order valence-corrected chi connectivity index (χ0v) is 15.8. The largest absolute Gasteiger partial charge is 0.467 e. The number of thiophene rings is 1. The lowest BCUT2D eigenvalue weighted by Gasteiger charge is -2.37. The van der Waals surface area contributed by atoms with E-state index in [1.807, 2.05) is 16.8 Å². The highest BCUT2D eigenvalue weighted by molar-refractivity contribution is 7.08. The zero-order chi connectivity index (χ0) is 18.6. The van der Waals surface area contributed by atoms with Crippen LogP contribution in [0.25, 0.3) is 11.4 Å². The van der Waals surface area contributed by atoms with Crippen molar-refractivity contribution in [2.24, 2.45) is 5.92 Å². The molecule has 26 heavy (non-hydrogen) atoms. The van der Waals surface area contributed by atoms with Gasteiger partial charge in [0, 0.05) is 23.8 Å². The number of ether oxygens (including phenoxy) is 1. The predicted molar refractivity (Wildman–Crippen MR) is 96.5 cm³/mol. The first-order valence-electron chi connectivity index (χ1n) is 8.77. The quantitative estimate of drug-likeness (QED) is 0.778. The number of aryl methyl sites for hydroxylation is 1. The molecule has 1 aliphatic rings. The highest BCUT2D eigenvalue weighted by Crippen LogP contribution is 2.33. The molecule has 0 radical (unpaired) electrons. The van der Waals surface area contributed by atoms with Gasteiger partial charge in [-0.1, -0.05) is 12.1 Å². The molecule has 3 rings (SSSR count). The Morgan fingerprint density at radius 1 is 1.42 bits per heavy atom. The average molecular weight is 377 g/mol. The molecular weight excluding hydrogens is 354 g/mol. The second kappa shape index (κ2) is 7.99. The third-order valence-electron chi connectivity index (χ3n) is 4.90. The summed E-state index contributed by atoms with van der Waals surface area (Å²) in [7, 11) is 1.36. The molecular formula is C18H23N3O4S. The lowest BCUT2D eigenvalue weighted by Crippen LogP contribution is -2.56. The van der Waals surface area contributed by atoms with Crippen LogP contribution in [0.3, 0.4) is 0 Å². The van der Waals surface area contributed by atoms with Crippen molar-refractivity contribution in [1.82, 2.24) is 15.5 Å². The molecule has 1 amide bonds. The number of rotatable bonds is 6. The van der Waals surface area contributed by atoms with Crippen LogP contribution < -0.4 is 5.32 Å². The summed E-state index contributed by atoms with van der Waals surface area (Å²) in [6, 6.07) is 1.91. The molecule has 1 aliphatic carbocycles. The Morgan fingerprint density at radius 2 is 2.19 bits per heavy atom. The van der Waals surface area contributed by atoms with Gasteiger partial charge in [0.05, 0.1) is 7.11 Å². The maximum Gasteiger partial charge on any atom is 0.331 e. The molecule has 1 saturated carbocycles. The number of hydrogen-bond acceptors (Lipinski definition) is 7. The number of carbonyl (C=O) groups excluding carboxylic acids is 2. The van der Waals surface area contributed by atoms with E-state index in [4.69, 9.17) is 9.26 Å². The van der Waals surface area contributed by atoms with Crippen molar-refractivity contribution in [3.05, 3.63) is 22.7 Å².